The Balaban J connectivity index is 0.00000312. The summed E-state index contributed by atoms with van der Waals surface area (Å²) in [5.74, 6) is 1.03. The van der Waals surface area contributed by atoms with Gasteiger partial charge in [0.1, 0.15) is 0 Å². The molecule has 3 atom stereocenters. The largest absolute Gasteiger partial charge is 0.341 e. The standard InChI is InChI=1S/C19H31N3OS.2ClH/c1-15-13-17(21(2)19(23)18(20)10-12-24-3)9-11-22(15)14-16-7-5-4-6-8-16;;/h4-8,15,17-18H,9-14,20H2,1-3H3;2*1H/t15?,17?,18-;;/m0../s1. The van der Waals surface area contributed by atoms with E-state index in [0.29, 0.717) is 12.1 Å². The Morgan fingerprint density at radius 3 is 2.58 bits per heavy atom. The maximum Gasteiger partial charge on any atom is 0.239 e. The quantitative estimate of drug-likeness (QED) is 0.732. The molecule has 4 nitrogen and oxygen atoms in total. The van der Waals surface area contributed by atoms with E-state index in [1.54, 1.807) is 11.8 Å². The number of piperidine rings is 1. The lowest BCUT2D eigenvalue weighted by molar-refractivity contribution is -0.134. The monoisotopic (exact) mass is 421 g/mol. The Kier molecular flexibility index (Phi) is 12.6. The Morgan fingerprint density at radius 2 is 2.00 bits per heavy atom. The zero-order valence-electron chi connectivity index (χ0n) is 16.0. The first-order valence-corrected chi connectivity index (χ1v) is 10.2. The van der Waals surface area contributed by atoms with Gasteiger partial charge < -0.3 is 10.6 Å². The van der Waals surface area contributed by atoms with Gasteiger partial charge in [0.25, 0.3) is 0 Å². The molecular weight excluding hydrogens is 389 g/mol. The molecule has 150 valence electrons. The lowest BCUT2D eigenvalue weighted by atomic mass is 9.96. The molecule has 1 aromatic rings. The van der Waals surface area contributed by atoms with E-state index in [0.717, 1.165) is 38.1 Å². The highest BCUT2D eigenvalue weighted by atomic mass is 35.5. The Labute approximate surface area is 175 Å². The first-order chi connectivity index (χ1) is 11.5. The molecule has 2 N–H and O–H groups in total. The number of hydrogen-bond acceptors (Lipinski definition) is 4. The fraction of sp³-hybridized carbons (Fsp3) is 0.632. The summed E-state index contributed by atoms with van der Waals surface area (Å²) in [7, 11) is 1.92. The van der Waals surface area contributed by atoms with Crippen molar-refractivity contribution in [1.82, 2.24) is 9.80 Å². The summed E-state index contributed by atoms with van der Waals surface area (Å²) < 4.78 is 0. The fourth-order valence-corrected chi connectivity index (χ4v) is 3.90. The summed E-state index contributed by atoms with van der Waals surface area (Å²) in [4.78, 5) is 16.9. The van der Waals surface area contributed by atoms with Crippen LogP contribution in [-0.4, -0.2) is 59.4 Å². The van der Waals surface area contributed by atoms with Crippen LogP contribution in [0.5, 0.6) is 0 Å². The van der Waals surface area contributed by atoms with Gasteiger partial charge in [0.2, 0.25) is 5.91 Å². The summed E-state index contributed by atoms with van der Waals surface area (Å²) in [6.45, 7) is 4.28. The minimum Gasteiger partial charge on any atom is -0.341 e. The van der Waals surface area contributed by atoms with Gasteiger partial charge in [-0.15, -0.1) is 24.8 Å². The van der Waals surface area contributed by atoms with Crippen LogP contribution in [0.1, 0.15) is 31.7 Å². The van der Waals surface area contributed by atoms with Crippen LogP contribution in [0.2, 0.25) is 0 Å². The van der Waals surface area contributed by atoms with Gasteiger partial charge in [-0.2, -0.15) is 11.8 Å². The number of likely N-dealkylation sites (N-methyl/N-ethyl adjacent to an activating group) is 1. The Hall–Kier alpha value is -0.460. The van der Waals surface area contributed by atoms with Crippen LogP contribution in [0.4, 0.5) is 0 Å². The maximum absolute atomic E-state index is 12.5. The van der Waals surface area contributed by atoms with E-state index in [4.69, 9.17) is 5.73 Å². The molecule has 1 aliphatic heterocycles. The third-order valence-corrected chi connectivity index (χ3v) is 5.70. The number of nitrogens with zero attached hydrogens (tertiary/aromatic N) is 2. The van der Waals surface area contributed by atoms with Crippen LogP contribution >= 0.6 is 36.6 Å². The van der Waals surface area contributed by atoms with Gasteiger partial charge in [-0.25, -0.2) is 0 Å². The van der Waals surface area contributed by atoms with Crippen LogP contribution in [-0.2, 0) is 11.3 Å². The van der Waals surface area contributed by atoms with Gasteiger partial charge in [0, 0.05) is 32.2 Å². The average Bonchev–Trinajstić information content (AvgIpc) is 2.61. The number of carbonyl (C=O) groups is 1. The molecule has 0 aromatic heterocycles. The molecule has 0 radical (unpaired) electrons. The van der Waals surface area contributed by atoms with Crippen molar-refractivity contribution in [2.24, 2.45) is 5.73 Å². The molecule has 7 heteroatoms. The number of nitrogens with two attached hydrogens (primary N) is 1. The summed E-state index contributed by atoms with van der Waals surface area (Å²) in [5.41, 5.74) is 7.41. The van der Waals surface area contributed by atoms with E-state index in [1.807, 2.05) is 18.2 Å². The highest BCUT2D eigenvalue weighted by Crippen LogP contribution is 2.23. The zero-order chi connectivity index (χ0) is 17.5. The van der Waals surface area contributed by atoms with Gasteiger partial charge >= 0.3 is 0 Å². The van der Waals surface area contributed by atoms with Crippen LogP contribution in [0.3, 0.4) is 0 Å². The van der Waals surface area contributed by atoms with Crippen molar-refractivity contribution in [2.75, 3.05) is 25.6 Å². The van der Waals surface area contributed by atoms with E-state index in [-0.39, 0.29) is 36.8 Å². The maximum atomic E-state index is 12.5. The number of carbonyl (C=O) groups excluding carboxylic acids is 1. The summed E-state index contributed by atoms with van der Waals surface area (Å²) >= 11 is 1.74. The molecule has 0 aliphatic carbocycles. The second kappa shape index (κ2) is 12.8. The number of amides is 1. The SMILES string of the molecule is CSCC[C@H](N)C(=O)N(C)C1CCN(Cc2ccccc2)C(C)C1.Cl.Cl. The van der Waals surface area contributed by atoms with Crippen molar-refractivity contribution < 1.29 is 4.79 Å². The first kappa shape index (κ1) is 25.5. The molecule has 1 aliphatic rings. The number of hydrogen-bond donors (Lipinski definition) is 1. The summed E-state index contributed by atoms with van der Waals surface area (Å²) in [6.07, 6.45) is 4.84. The van der Waals surface area contributed by atoms with Crippen LogP contribution in [0.15, 0.2) is 30.3 Å². The molecule has 0 bridgehead atoms. The van der Waals surface area contributed by atoms with Crippen molar-refractivity contribution >= 4 is 42.5 Å². The number of benzene rings is 1. The van der Waals surface area contributed by atoms with Crippen molar-refractivity contribution in [3.63, 3.8) is 0 Å². The normalized spacial score (nSPS) is 21.2. The summed E-state index contributed by atoms with van der Waals surface area (Å²) in [5, 5.41) is 0. The molecular formula is C19H33Cl2N3OS. The van der Waals surface area contributed by atoms with Crippen molar-refractivity contribution in [1.29, 1.82) is 0 Å². The van der Waals surface area contributed by atoms with E-state index in [2.05, 4.69) is 42.2 Å². The fourth-order valence-electron chi connectivity index (χ4n) is 3.41. The lowest BCUT2D eigenvalue weighted by Gasteiger charge is -2.41. The molecule has 1 heterocycles. The average molecular weight is 422 g/mol. The van der Waals surface area contributed by atoms with Crippen LogP contribution < -0.4 is 5.73 Å². The molecule has 1 amide bonds. The van der Waals surface area contributed by atoms with Gasteiger partial charge in [-0.05, 0) is 43.8 Å². The van der Waals surface area contributed by atoms with E-state index < -0.39 is 0 Å². The van der Waals surface area contributed by atoms with Crippen molar-refractivity contribution in [3.8, 4) is 0 Å². The van der Waals surface area contributed by atoms with Crippen molar-refractivity contribution in [2.45, 2.75) is 50.9 Å². The zero-order valence-corrected chi connectivity index (χ0v) is 18.4. The molecule has 26 heavy (non-hydrogen) atoms. The summed E-state index contributed by atoms with van der Waals surface area (Å²) in [6, 6.07) is 11.0. The van der Waals surface area contributed by atoms with Crippen molar-refractivity contribution in [3.05, 3.63) is 35.9 Å². The van der Waals surface area contributed by atoms with E-state index in [1.165, 1.54) is 5.56 Å². The third-order valence-electron chi connectivity index (χ3n) is 5.06. The lowest BCUT2D eigenvalue weighted by Crippen LogP contribution is -2.52. The van der Waals surface area contributed by atoms with Crippen LogP contribution in [0.25, 0.3) is 0 Å². The van der Waals surface area contributed by atoms with E-state index in [9.17, 15) is 4.79 Å². The molecule has 0 spiro atoms. The molecule has 1 aromatic carbocycles. The predicted molar refractivity (Wildman–Crippen MR) is 118 cm³/mol. The predicted octanol–water partition coefficient (Wildman–Crippen LogP) is 3.42. The highest BCUT2D eigenvalue weighted by Gasteiger charge is 2.31. The minimum atomic E-state index is -0.361. The molecule has 1 fully saturated rings. The smallest absolute Gasteiger partial charge is 0.239 e. The first-order valence-electron chi connectivity index (χ1n) is 8.82. The van der Waals surface area contributed by atoms with Gasteiger partial charge in [0.15, 0.2) is 0 Å². The Bertz CT molecular complexity index is 521. The third kappa shape index (κ3) is 7.28. The molecule has 0 saturated carbocycles. The molecule has 2 unspecified atom stereocenters. The number of rotatable bonds is 7. The second-order valence-corrected chi connectivity index (χ2v) is 7.81. The van der Waals surface area contributed by atoms with Gasteiger partial charge in [-0.1, -0.05) is 30.3 Å². The topological polar surface area (TPSA) is 49.6 Å². The van der Waals surface area contributed by atoms with Crippen LogP contribution in [0, 0.1) is 0 Å². The second-order valence-electron chi connectivity index (χ2n) is 6.82. The highest BCUT2D eigenvalue weighted by molar-refractivity contribution is 7.98. The Morgan fingerprint density at radius 1 is 1.35 bits per heavy atom. The molecule has 1 saturated heterocycles. The van der Waals surface area contributed by atoms with Gasteiger partial charge in [-0.3, -0.25) is 9.69 Å². The number of thioether (sulfide) groups is 1. The number of halogens is 2. The molecule has 2 rings (SSSR count). The van der Waals surface area contributed by atoms with E-state index >= 15 is 0 Å². The number of likely N-dealkylation sites (tertiary alicyclic amines) is 1. The van der Waals surface area contributed by atoms with Gasteiger partial charge in [0.05, 0.1) is 6.04 Å². The minimum absolute atomic E-state index is 0.